The molecule has 0 amide bonds. The fourth-order valence-electron chi connectivity index (χ4n) is 3.03. The normalized spacial score (nSPS) is 11.7. The van der Waals surface area contributed by atoms with Crippen molar-refractivity contribution >= 4 is 5.96 Å². The van der Waals surface area contributed by atoms with Gasteiger partial charge in [-0.3, -0.25) is 9.67 Å². The third-order valence-electron chi connectivity index (χ3n) is 4.32. The minimum atomic E-state index is -2.85. The van der Waals surface area contributed by atoms with Crippen LogP contribution in [0.3, 0.4) is 0 Å². The molecule has 1 heterocycles. The van der Waals surface area contributed by atoms with E-state index in [1.54, 1.807) is 25.2 Å². The smallest absolute Gasteiger partial charge is 0.387 e. The Morgan fingerprint density at radius 2 is 1.89 bits per heavy atom. The van der Waals surface area contributed by atoms with Crippen LogP contribution in [-0.2, 0) is 33.0 Å². The van der Waals surface area contributed by atoms with Gasteiger partial charge in [-0.2, -0.15) is 13.9 Å². The van der Waals surface area contributed by atoms with Crippen molar-refractivity contribution in [2.24, 2.45) is 12.0 Å². The Morgan fingerprint density at radius 3 is 2.52 bits per heavy atom. The first kappa shape index (κ1) is 20.7. The highest BCUT2D eigenvalue weighted by Gasteiger charge is 2.14. The summed E-state index contributed by atoms with van der Waals surface area (Å²) in [5.74, 6) is 0.735. The molecule has 27 heavy (non-hydrogen) atoms. The Labute approximate surface area is 158 Å². The standard InChI is InChI=1S/C19H27F2N5O/c1-5-15-14(16(6-2)26(4)25-15)12-24-19(22-3)23-11-13-9-7-8-10-17(13)27-18(20)21/h7-10,18H,5-6,11-12H2,1-4H3,(H2,22,23,24). The summed E-state index contributed by atoms with van der Waals surface area (Å²) in [6.07, 6.45) is 1.75. The second kappa shape index (κ2) is 9.89. The molecule has 148 valence electrons. The molecule has 6 nitrogen and oxygen atoms in total. The van der Waals surface area contributed by atoms with E-state index >= 15 is 0 Å². The van der Waals surface area contributed by atoms with E-state index in [0.29, 0.717) is 24.6 Å². The minimum Gasteiger partial charge on any atom is -0.434 e. The van der Waals surface area contributed by atoms with Crippen molar-refractivity contribution in [1.82, 2.24) is 20.4 Å². The molecule has 0 fully saturated rings. The second-order valence-electron chi connectivity index (χ2n) is 5.97. The van der Waals surface area contributed by atoms with Crippen LogP contribution in [0.1, 0.15) is 36.4 Å². The van der Waals surface area contributed by atoms with Crippen LogP contribution < -0.4 is 15.4 Å². The molecular weight excluding hydrogens is 352 g/mol. The highest BCUT2D eigenvalue weighted by molar-refractivity contribution is 5.79. The molecule has 0 aliphatic rings. The monoisotopic (exact) mass is 379 g/mol. The quantitative estimate of drug-likeness (QED) is 0.547. The first-order valence-corrected chi connectivity index (χ1v) is 9.00. The zero-order valence-corrected chi connectivity index (χ0v) is 16.2. The van der Waals surface area contributed by atoms with Crippen molar-refractivity contribution in [3.05, 3.63) is 46.8 Å². The van der Waals surface area contributed by atoms with Gasteiger partial charge in [0, 0.05) is 44.0 Å². The topological polar surface area (TPSA) is 63.5 Å². The minimum absolute atomic E-state index is 0.157. The molecule has 0 bridgehead atoms. The summed E-state index contributed by atoms with van der Waals surface area (Å²) in [5, 5.41) is 11.0. The predicted molar refractivity (Wildman–Crippen MR) is 102 cm³/mol. The Morgan fingerprint density at radius 1 is 1.19 bits per heavy atom. The lowest BCUT2D eigenvalue weighted by molar-refractivity contribution is -0.0504. The van der Waals surface area contributed by atoms with Crippen LogP contribution in [0.25, 0.3) is 0 Å². The molecule has 1 aromatic heterocycles. The third kappa shape index (κ3) is 5.42. The van der Waals surface area contributed by atoms with Crippen molar-refractivity contribution in [1.29, 1.82) is 0 Å². The average Bonchev–Trinajstić information content (AvgIpc) is 2.97. The molecule has 1 aromatic carbocycles. The number of alkyl halides is 2. The lowest BCUT2D eigenvalue weighted by atomic mass is 10.1. The number of ether oxygens (including phenoxy) is 1. The molecule has 0 saturated carbocycles. The number of nitrogens with one attached hydrogen (secondary N) is 2. The van der Waals surface area contributed by atoms with Gasteiger partial charge in [0.25, 0.3) is 0 Å². The van der Waals surface area contributed by atoms with Gasteiger partial charge in [-0.25, -0.2) is 0 Å². The second-order valence-corrected chi connectivity index (χ2v) is 5.97. The summed E-state index contributed by atoms with van der Waals surface area (Å²) in [6, 6.07) is 6.71. The number of hydrogen-bond donors (Lipinski definition) is 2. The van der Waals surface area contributed by atoms with Crippen molar-refractivity contribution in [2.75, 3.05) is 7.05 Å². The zero-order chi connectivity index (χ0) is 19.8. The zero-order valence-electron chi connectivity index (χ0n) is 16.2. The van der Waals surface area contributed by atoms with Gasteiger partial charge in [0.15, 0.2) is 5.96 Å². The molecule has 0 radical (unpaired) electrons. The Hall–Kier alpha value is -2.64. The Bertz CT molecular complexity index is 773. The van der Waals surface area contributed by atoms with Crippen LogP contribution in [0.4, 0.5) is 8.78 Å². The molecule has 0 saturated heterocycles. The molecule has 2 rings (SSSR count). The lowest BCUT2D eigenvalue weighted by Gasteiger charge is -2.15. The summed E-state index contributed by atoms with van der Waals surface area (Å²) in [7, 11) is 3.62. The summed E-state index contributed by atoms with van der Waals surface area (Å²) in [4.78, 5) is 4.20. The number of halogens is 2. The number of nitrogens with zero attached hydrogens (tertiary/aromatic N) is 3. The molecule has 8 heteroatoms. The Balaban J connectivity index is 2.02. The number of benzene rings is 1. The number of para-hydroxylation sites is 1. The van der Waals surface area contributed by atoms with E-state index in [-0.39, 0.29) is 5.75 Å². The van der Waals surface area contributed by atoms with Gasteiger partial charge in [0.05, 0.1) is 5.69 Å². The van der Waals surface area contributed by atoms with E-state index in [1.807, 2.05) is 11.7 Å². The average molecular weight is 379 g/mol. The van der Waals surface area contributed by atoms with Gasteiger partial charge in [0.2, 0.25) is 0 Å². The first-order valence-electron chi connectivity index (χ1n) is 9.00. The van der Waals surface area contributed by atoms with Crippen LogP contribution in [0.2, 0.25) is 0 Å². The van der Waals surface area contributed by atoms with Gasteiger partial charge in [-0.05, 0) is 18.9 Å². The van der Waals surface area contributed by atoms with Crippen molar-refractivity contribution in [3.8, 4) is 5.75 Å². The molecule has 0 atom stereocenters. The third-order valence-corrected chi connectivity index (χ3v) is 4.32. The van der Waals surface area contributed by atoms with E-state index in [2.05, 4.69) is 39.3 Å². The van der Waals surface area contributed by atoms with Gasteiger partial charge in [-0.1, -0.05) is 32.0 Å². The maximum atomic E-state index is 12.5. The lowest BCUT2D eigenvalue weighted by Crippen LogP contribution is -2.36. The van der Waals surface area contributed by atoms with Crippen LogP contribution in [0.15, 0.2) is 29.3 Å². The van der Waals surface area contributed by atoms with Crippen LogP contribution in [0, 0.1) is 0 Å². The first-order chi connectivity index (χ1) is 13.0. The van der Waals surface area contributed by atoms with E-state index in [1.165, 1.54) is 17.3 Å². The molecule has 2 N–H and O–H groups in total. The number of rotatable bonds is 8. The van der Waals surface area contributed by atoms with Crippen LogP contribution in [0.5, 0.6) is 5.75 Å². The largest absolute Gasteiger partial charge is 0.434 e. The predicted octanol–water partition coefficient (Wildman–Crippen LogP) is 3.01. The molecule has 0 spiro atoms. The van der Waals surface area contributed by atoms with Crippen LogP contribution >= 0.6 is 0 Å². The van der Waals surface area contributed by atoms with Crippen molar-refractivity contribution in [3.63, 3.8) is 0 Å². The van der Waals surface area contributed by atoms with Crippen LogP contribution in [-0.4, -0.2) is 29.4 Å². The molecule has 0 aliphatic carbocycles. The number of guanidine groups is 1. The number of aryl methyl sites for hydroxylation is 2. The van der Waals surface area contributed by atoms with Gasteiger partial charge in [0.1, 0.15) is 5.75 Å². The Kier molecular flexibility index (Phi) is 7.57. The van der Waals surface area contributed by atoms with E-state index in [9.17, 15) is 8.78 Å². The summed E-state index contributed by atoms with van der Waals surface area (Å²) in [5.41, 5.74) is 4.05. The molecular formula is C19H27F2N5O. The van der Waals surface area contributed by atoms with E-state index in [4.69, 9.17) is 0 Å². The number of hydrogen-bond acceptors (Lipinski definition) is 3. The van der Waals surface area contributed by atoms with Gasteiger partial charge in [-0.15, -0.1) is 0 Å². The number of aliphatic imine (C=N–C) groups is 1. The molecule has 0 unspecified atom stereocenters. The molecule has 2 aromatic rings. The van der Waals surface area contributed by atoms with Gasteiger partial charge >= 0.3 is 6.61 Å². The highest BCUT2D eigenvalue weighted by atomic mass is 19.3. The summed E-state index contributed by atoms with van der Waals surface area (Å²) in [6.45, 7) is 2.24. The maximum Gasteiger partial charge on any atom is 0.387 e. The van der Waals surface area contributed by atoms with E-state index in [0.717, 1.165) is 18.5 Å². The molecule has 0 aliphatic heterocycles. The fourth-order valence-corrected chi connectivity index (χ4v) is 3.03. The fraction of sp³-hybridized carbons (Fsp3) is 0.474. The number of aromatic nitrogens is 2. The van der Waals surface area contributed by atoms with Gasteiger partial charge < -0.3 is 15.4 Å². The highest BCUT2D eigenvalue weighted by Crippen LogP contribution is 2.20. The van der Waals surface area contributed by atoms with Crippen molar-refractivity contribution in [2.45, 2.75) is 46.4 Å². The SMILES string of the molecule is CCc1nn(C)c(CC)c1CNC(=NC)NCc1ccccc1OC(F)F. The van der Waals surface area contributed by atoms with E-state index < -0.39 is 6.61 Å². The van der Waals surface area contributed by atoms with Crippen molar-refractivity contribution < 1.29 is 13.5 Å². The summed E-state index contributed by atoms with van der Waals surface area (Å²) < 4.78 is 31.5. The maximum absolute atomic E-state index is 12.5. The summed E-state index contributed by atoms with van der Waals surface area (Å²) >= 11 is 0.